The van der Waals surface area contributed by atoms with Crippen LogP contribution in [-0.2, 0) is 10.0 Å². The average molecular weight is 312 g/mol. The van der Waals surface area contributed by atoms with Gasteiger partial charge in [0.1, 0.15) is 0 Å². The number of hydrogen-bond acceptors (Lipinski definition) is 4. The van der Waals surface area contributed by atoms with Crippen LogP contribution in [0.3, 0.4) is 0 Å². The van der Waals surface area contributed by atoms with Crippen LogP contribution in [0.1, 0.15) is 38.2 Å². The number of nitro benzene ring substituents is 1. The lowest BCUT2D eigenvalue weighted by molar-refractivity contribution is -0.385. The number of nitro groups is 1. The van der Waals surface area contributed by atoms with E-state index in [0.717, 1.165) is 31.7 Å². The molecule has 2 rings (SSSR count). The van der Waals surface area contributed by atoms with E-state index in [1.807, 2.05) is 6.92 Å². The van der Waals surface area contributed by atoms with Gasteiger partial charge in [-0.25, -0.2) is 13.1 Å². The van der Waals surface area contributed by atoms with Crippen LogP contribution in [0, 0.1) is 23.0 Å². The molecule has 0 heterocycles. The van der Waals surface area contributed by atoms with Crippen LogP contribution >= 0.6 is 0 Å². The maximum absolute atomic E-state index is 12.5. The molecule has 0 spiro atoms. The summed E-state index contributed by atoms with van der Waals surface area (Å²) in [7, 11) is -3.73. The van der Waals surface area contributed by atoms with E-state index in [9.17, 15) is 18.5 Å². The van der Waals surface area contributed by atoms with E-state index < -0.39 is 14.9 Å². The highest BCUT2D eigenvalue weighted by molar-refractivity contribution is 7.89. The summed E-state index contributed by atoms with van der Waals surface area (Å²) >= 11 is 0. The van der Waals surface area contributed by atoms with Crippen LogP contribution in [0.25, 0.3) is 0 Å². The molecular formula is C14H20N2O4S. The van der Waals surface area contributed by atoms with Gasteiger partial charge in [0, 0.05) is 18.2 Å². The molecule has 1 saturated carbocycles. The van der Waals surface area contributed by atoms with Crippen molar-refractivity contribution in [2.45, 2.75) is 50.5 Å². The minimum Gasteiger partial charge on any atom is -0.258 e. The zero-order valence-electron chi connectivity index (χ0n) is 12.2. The summed E-state index contributed by atoms with van der Waals surface area (Å²) in [4.78, 5) is 10.2. The number of aryl methyl sites for hydroxylation is 1. The Morgan fingerprint density at radius 3 is 2.57 bits per heavy atom. The molecule has 1 N–H and O–H groups in total. The van der Waals surface area contributed by atoms with E-state index in [-0.39, 0.29) is 22.5 Å². The molecule has 0 radical (unpaired) electrons. The summed E-state index contributed by atoms with van der Waals surface area (Å²) in [5.41, 5.74) is 0.300. The van der Waals surface area contributed by atoms with E-state index in [4.69, 9.17) is 0 Å². The fraction of sp³-hybridized carbons (Fsp3) is 0.571. The largest absolute Gasteiger partial charge is 0.270 e. The summed E-state index contributed by atoms with van der Waals surface area (Å²) in [5, 5.41) is 10.8. The third kappa shape index (κ3) is 3.59. The first-order valence-electron chi connectivity index (χ1n) is 7.08. The van der Waals surface area contributed by atoms with Crippen molar-refractivity contribution in [1.29, 1.82) is 0 Å². The van der Waals surface area contributed by atoms with E-state index >= 15 is 0 Å². The molecule has 0 bridgehead atoms. The number of rotatable bonds is 4. The standard InChI is InChI=1S/C14H20N2O4S/c1-10-5-3-4-6-13(10)15-21(19,20)14-9-12(16(17)18)8-7-11(14)2/h7-10,13,15H,3-6H2,1-2H3. The number of hydrogen-bond donors (Lipinski definition) is 1. The number of non-ortho nitro benzene ring substituents is 1. The number of benzene rings is 1. The molecule has 0 aliphatic heterocycles. The predicted molar refractivity (Wildman–Crippen MR) is 79.6 cm³/mol. The van der Waals surface area contributed by atoms with E-state index in [1.54, 1.807) is 6.92 Å². The topological polar surface area (TPSA) is 89.3 Å². The van der Waals surface area contributed by atoms with Gasteiger partial charge in [-0.05, 0) is 31.2 Å². The Morgan fingerprint density at radius 1 is 1.29 bits per heavy atom. The molecule has 1 aliphatic carbocycles. The summed E-state index contributed by atoms with van der Waals surface area (Å²) in [5.74, 6) is 0.285. The molecule has 0 aromatic heterocycles. The van der Waals surface area contributed by atoms with Gasteiger partial charge in [0.2, 0.25) is 10.0 Å². The predicted octanol–water partition coefficient (Wildman–Crippen LogP) is 2.76. The lowest BCUT2D eigenvalue weighted by atomic mass is 9.87. The maximum Gasteiger partial charge on any atom is 0.270 e. The highest BCUT2D eigenvalue weighted by Gasteiger charge is 2.28. The van der Waals surface area contributed by atoms with Crippen LogP contribution in [-0.4, -0.2) is 19.4 Å². The number of nitrogens with zero attached hydrogens (tertiary/aromatic N) is 1. The fourth-order valence-electron chi connectivity index (χ4n) is 2.75. The zero-order valence-corrected chi connectivity index (χ0v) is 13.0. The van der Waals surface area contributed by atoms with Gasteiger partial charge < -0.3 is 0 Å². The quantitative estimate of drug-likeness (QED) is 0.684. The van der Waals surface area contributed by atoms with Gasteiger partial charge in [-0.1, -0.05) is 25.8 Å². The Bertz CT molecular complexity index is 642. The summed E-state index contributed by atoms with van der Waals surface area (Å²) in [6, 6.07) is 3.82. The SMILES string of the molecule is Cc1ccc([N+](=O)[O-])cc1S(=O)(=O)NC1CCCCC1C. The molecule has 1 fully saturated rings. The van der Waals surface area contributed by atoms with Gasteiger partial charge >= 0.3 is 0 Å². The molecule has 2 unspecified atom stereocenters. The Morgan fingerprint density at radius 2 is 1.95 bits per heavy atom. The molecule has 1 aromatic carbocycles. The summed E-state index contributed by atoms with van der Waals surface area (Å²) in [6.07, 6.45) is 3.94. The molecule has 7 heteroatoms. The second-order valence-electron chi connectivity index (χ2n) is 5.70. The smallest absolute Gasteiger partial charge is 0.258 e. The third-order valence-electron chi connectivity index (χ3n) is 4.09. The Kier molecular flexibility index (Phi) is 4.63. The molecule has 0 saturated heterocycles. The molecule has 0 amide bonds. The molecule has 2 atom stereocenters. The van der Waals surface area contributed by atoms with Crippen molar-refractivity contribution in [3.05, 3.63) is 33.9 Å². The van der Waals surface area contributed by atoms with Gasteiger partial charge in [-0.15, -0.1) is 0 Å². The van der Waals surface area contributed by atoms with Crippen LogP contribution < -0.4 is 4.72 Å². The summed E-state index contributed by atoms with van der Waals surface area (Å²) in [6.45, 7) is 3.68. The van der Waals surface area contributed by atoms with E-state index in [1.165, 1.54) is 12.1 Å². The molecule has 6 nitrogen and oxygen atoms in total. The Hall–Kier alpha value is -1.47. The van der Waals surface area contributed by atoms with Crippen molar-refractivity contribution in [2.75, 3.05) is 0 Å². The van der Waals surface area contributed by atoms with Crippen molar-refractivity contribution < 1.29 is 13.3 Å². The van der Waals surface area contributed by atoms with Crippen molar-refractivity contribution in [2.24, 2.45) is 5.92 Å². The van der Waals surface area contributed by atoms with Crippen LogP contribution in [0.2, 0.25) is 0 Å². The zero-order chi connectivity index (χ0) is 15.6. The average Bonchev–Trinajstić information content (AvgIpc) is 2.41. The lowest BCUT2D eigenvalue weighted by Crippen LogP contribution is -2.41. The van der Waals surface area contributed by atoms with Gasteiger partial charge in [0.15, 0.2) is 0 Å². The van der Waals surface area contributed by atoms with Crippen molar-refractivity contribution in [3.8, 4) is 0 Å². The Labute approximate surface area is 124 Å². The normalized spacial score (nSPS) is 23.0. The van der Waals surface area contributed by atoms with Crippen LogP contribution in [0.4, 0.5) is 5.69 Å². The van der Waals surface area contributed by atoms with Gasteiger partial charge in [0.05, 0.1) is 9.82 Å². The Balaban J connectivity index is 2.30. The van der Waals surface area contributed by atoms with Gasteiger partial charge in [-0.3, -0.25) is 10.1 Å². The number of nitrogens with one attached hydrogen (secondary N) is 1. The molecule has 21 heavy (non-hydrogen) atoms. The maximum atomic E-state index is 12.5. The van der Waals surface area contributed by atoms with Crippen molar-refractivity contribution in [3.63, 3.8) is 0 Å². The molecular weight excluding hydrogens is 292 g/mol. The second-order valence-corrected chi connectivity index (χ2v) is 7.38. The molecule has 116 valence electrons. The van der Waals surface area contributed by atoms with Crippen LogP contribution in [0.15, 0.2) is 23.1 Å². The first-order chi connectivity index (χ1) is 9.81. The van der Waals surface area contributed by atoms with E-state index in [2.05, 4.69) is 4.72 Å². The monoisotopic (exact) mass is 312 g/mol. The molecule has 1 aromatic rings. The second kappa shape index (κ2) is 6.11. The first kappa shape index (κ1) is 15.9. The lowest BCUT2D eigenvalue weighted by Gasteiger charge is -2.29. The minimum atomic E-state index is -3.73. The highest BCUT2D eigenvalue weighted by Crippen LogP contribution is 2.27. The summed E-state index contributed by atoms with van der Waals surface area (Å²) < 4.78 is 27.7. The van der Waals surface area contributed by atoms with Gasteiger partial charge in [-0.2, -0.15) is 0 Å². The van der Waals surface area contributed by atoms with E-state index in [0.29, 0.717) is 5.56 Å². The molecule has 1 aliphatic rings. The fourth-order valence-corrected chi connectivity index (χ4v) is 4.39. The number of sulfonamides is 1. The first-order valence-corrected chi connectivity index (χ1v) is 8.57. The third-order valence-corrected chi connectivity index (χ3v) is 5.72. The van der Waals surface area contributed by atoms with Crippen molar-refractivity contribution in [1.82, 2.24) is 4.72 Å². The highest BCUT2D eigenvalue weighted by atomic mass is 32.2. The van der Waals surface area contributed by atoms with Crippen molar-refractivity contribution >= 4 is 15.7 Å². The minimum absolute atomic E-state index is 0.00512. The van der Waals surface area contributed by atoms with Gasteiger partial charge in [0.25, 0.3) is 5.69 Å². The van der Waals surface area contributed by atoms with Crippen LogP contribution in [0.5, 0.6) is 0 Å².